The summed E-state index contributed by atoms with van der Waals surface area (Å²) in [5, 5.41) is 7.49. The molecule has 3 aromatic rings. The molecule has 1 aromatic heterocycles. The van der Waals surface area contributed by atoms with E-state index in [1.54, 1.807) is 5.41 Å². The molecule has 4 nitrogen and oxygen atoms in total. The average Bonchev–Trinajstić information content (AvgIpc) is 3.01. The van der Waals surface area contributed by atoms with E-state index >= 15 is 0 Å². The summed E-state index contributed by atoms with van der Waals surface area (Å²) in [7, 11) is 0. The van der Waals surface area contributed by atoms with Gasteiger partial charge in [0.2, 0.25) is 0 Å². The molecule has 0 radical (unpaired) electrons. The SMILES string of the molecule is CC(C)(C)OC(=O)c1ccc2c(Cc3ccccc3)n(C/C=C/C=C\S)nc2c1. The lowest BCUT2D eigenvalue weighted by atomic mass is 10.1. The van der Waals surface area contributed by atoms with Crippen LogP contribution in [0.3, 0.4) is 0 Å². The molecule has 0 amide bonds. The fourth-order valence-corrected chi connectivity index (χ4v) is 3.17. The first-order valence-electron chi connectivity index (χ1n) is 9.60. The van der Waals surface area contributed by atoms with E-state index in [-0.39, 0.29) is 5.97 Å². The van der Waals surface area contributed by atoms with Crippen molar-refractivity contribution in [3.8, 4) is 0 Å². The van der Waals surface area contributed by atoms with Gasteiger partial charge in [-0.1, -0.05) is 54.6 Å². The van der Waals surface area contributed by atoms with E-state index in [4.69, 9.17) is 9.84 Å². The maximum absolute atomic E-state index is 12.4. The molecule has 0 fully saturated rings. The summed E-state index contributed by atoms with van der Waals surface area (Å²) in [6.45, 7) is 6.22. The Morgan fingerprint density at radius 1 is 1.14 bits per heavy atom. The number of carbonyl (C=O) groups is 1. The molecule has 5 heteroatoms. The van der Waals surface area contributed by atoms with Gasteiger partial charge in [-0.05, 0) is 43.9 Å². The molecular formula is C24H26N2O2S. The molecule has 0 N–H and O–H groups in total. The fraction of sp³-hybridized carbons (Fsp3) is 0.250. The number of hydrogen-bond donors (Lipinski definition) is 1. The van der Waals surface area contributed by atoms with Crippen LogP contribution in [-0.2, 0) is 17.7 Å². The predicted molar refractivity (Wildman–Crippen MR) is 121 cm³/mol. The molecule has 29 heavy (non-hydrogen) atoms. The fourth-order valence-electron chi connectivity index (χ4n) is 3.07. The quantitative estimate of drug-likeness (QED) is 0.330. The van der Waals surface area contributed by atoms with Crippen LogP contribution in [-0.4, -0.2) is 21.4 Å². The third-order valence-electron chi connectivity index (χ3n) is 4.31. The van der Waals surface area contributed by atoms with Crippen molar-refractivity contribution in [2.75, 3.05) is 0 Å². The van der Waals surface area contributed by atoms with E-state index in [9.17, 15) is 4.79 Å². The van der Waals surface area contributed by atoms with Crippen molar-refractivity contribution >= 4 is 29.5 Å². The summed E-state index contributed by atoms with van der Waals surface area (Å²) in [6.07, 6.45) is 6.60. The smallest absolute Gasteiger partial charge is 0.338 e. The van der Waals surface area contributed by atoms with Gasteiger partial charge in [-0.25, -0.2) is 4.79 Å². The van der Waals surface area contributed by atoms with E-state index < -0.39 is 5.60 Å². The zero-order valence-electron chi connectivity index (χ0n) is 17.0. The highest BCUT2D eigenvalue weighted by Crippen LogP contribution is 2.24. The molecule has 0 spiro atoms. The molecule has 0 bridgehead atoms. The number of thiol groups is 1. The number of benzene rings is 2. The number of aromatic nitrogens is 2. The van der Waals surface area contributed by atoms with Gasteiger partial charge in [0.1, 0.15) is 5.60 Å². The number of esters is 1. The Bertz CT molecular complexity index is 1040. The van der Waals surface area contributed by atoms with Crippen molar-refractivity contribution in [2.45, 2.75) is 39.3 Å². The van der Waals surface area contributed by atoms with Crippen LogP contribution in [0.1, 0.15) is 42.4 Å². The Morgan fingerprint density at radius 3 is 2.59 bits per heavy atom. The van der Waals surface area contributed by atoms with Gasteiger partial charge in [0, 0.05) is 11.8 Å². The minimum absolute atomic E-state index is 0.336. The van der Waals surface area contributed by atoms with Gasteiger partial charge in [0.25, 0.3) is 0 Å². The lowest BCUT2D eigenvalue weighted by Gasteiger charge is -2.19. The van der Waals surface area contributed by atoms with E-state index in [0.29, 0.717) is 12.1 Å². The molecule has 3 rings (SSSR count). The van der Waals surface area contributed by atoms with Crippen molar-refractivity contribution in [2.24, 2.45) is 0 Å². The van der Waals surface area contributed by atoms with Gasteiger partial charge in [-0.3, -0.25) is 4.68 Å². The monoisotopic (exact) mass is 406 g/mol. The van der Waals surface area contributed by atoms with Crippen LogP contribution in [0, 0.1) is 0 Å². The van der Waals surface area contributed by atoms with Gasteiger partial charge >= 0.3 is 5.97 Å². The third-order valence-corrected chi connectivity index (χ3v) is 4.48. The van der Waals surface area contributed by atoms with Crippen molar-refractivity contribution in [1.82, 2.24) is 9.78 Å². The van der Waals surface area contributed by atoms with Gasteiger partial charge in [-0.15, -0.1) is 0 Å². The normalized spacial score (nSPS) is 12.3. The van der Waals surface area contributed by atoms with Crippen molar-refractivity contribution < 1.29 is 9.53 Å². The van der Waals surface area contributed by atoms with Crippen LogP contribution in [0.5, 0.6) is 0 Å². The third kappa shape index (κ3) is 5.61. The van der Waals surface area contributed by atoms with Gasteiger partial charge in [0.05, 0.1) is 23.3 Å². The molecule has 150 valence electrons. The minimum Gasteiger partial charge on any atom is -0.456 e. The molecule has 0 atom stereocenters. The Labute approximate surface area is 177 Å². The zero-order valence-corrected chi connectivity index (χ0v) is 17.9. The highest BCUT2D eigenvalue weighted by atomic mass is 32.1. The second kappa shape index (κ2) is 9.14. The standard InChI is InChI=1S/C24H26N2O2S/c1-24(2,3)28-23(27)19-12-13-20-21(17-19)25-26(14-8-5-9-15-29)22(20)16-18-10-6-4-7-11-18/h4-13,15,17,29H,14,16H2,1-3H3/b8-5+,15-9-. The second-order valence-electron chi connectivity index (χ2n) is 7.79. The molecule has 0 aliphatic heterocycles. The molecule has 0 saturated heterocycles. The van der Waals surface area contributed by atoms with E-state index in [1.807, 2.05) is 80.1 Å². The maximum atomic E-state index is 12.4. The summed E-state index contributed by atoms with van der Waals surface area (Å²) in [5.74, 6) is -0.336. The van der Waals surface area contributed by atoms with Gasteiger partial charge < -0.3 is 4.74 Å². The Morgan fingerprint density at radius 2 is 1.90 bits per heavy atom. The molecule has 0 saturated carbocycles. The molecule has 0 aliphatic carbocycles. The summed E-state index contributed by atoms with van der Waals surface area (Å²) >= 11 is 4.07. The molecule has 0 unspecified atom stereocenters. The van der Waals surface area contributed by atoms with Gasteiger partial charge in [0.15, 0.2) is 0 Å². The number of nitrogens with zero attached hydrogens (tertiary/aromatic N) is 2. The summed E-state index contributed by atoms with van der Waals surface area (Å²) < 4.78 is 7.48. The lowest BCUT2D eigenvalue weighted by Crippen LogP contribution is -2.23. The van der Waals surface area contributed by atoms with Crippen LogP contribution in [0.2, 0.25) is 0 Å². The lowest BCUT2D eigenvalue weighted by molar-refractivity contribution is 0.00697. The van der Waals surface area contributed by atoms with E-state index in [1.165, 1.54) is 5.56 Å². The molecular weight excluding hydrogens is 380 g/mol. The van der Waals surface area contributed by atoms with Crippen molar-refractivity contribution in [3.63, 3.8) is 0 Å². The van der Waals surface area contributed by atoms with Crippen molar-refractivity contribution in [1.29, 1.82) is 0 Å². The van der Waals surface area contributed by atoms with Gasteiger partial charge in [-0.2, -0.15) is 17.7 Å². The number of hydrogen-bond acceptors (Lipinski definition) is 4. The number of ether oxygens (including phenoxy) is 1. The van der Waals surface area contributed by atoms with Crippen LogP contribution >= 0.6 is 12.6 Å². The van der Waals surface area contributed by atoms with Crippen LogP contribution in [0.4, 0.5) is 0 Å². The maximum Gasteiger partial charge on any atom is 0.338 e. The first-order valence-corrected chi connectivity index (χ1v) is 10.1. The zero-order chi connectivity index (χ0) is 20.9. The number of fused-ring (bicyclic) bond motifs is 1. The first-order chi connectivity index (χ1) is 13.9. The first kappa shape index (κ1) is 20.9. The summed E-state index contributed by atoms with van der Waals surface area (Å²) in [5.41, 5.74) is 3.09. The van der Waals surface area contributed by atoms with E-state index in [0.717, 1.165) is 23.0 Å². The highest BCUT2D eigenvalue weighted by molar-refractivity contribution is 7.83. The molecule has 2 aromatic carbocycles. The van der Waals surface area contributed by atoms with E-state index in [2.05, 4.69) is 24.8 Å². The highest BCUT2D eigenvalue weighted by Gasteiger charge is 2.19. The number of allylic oxidation sites excluding steroid dienone is 3. The topological polar surface area (TPSA) is 44.1 Å². The Balaban J connectivity index is 1.99. The number of rotatable bonds is 6. The van der Waals surface area contributed by atoms with Crippen LogP contribution in [0.15, 0.2) is 72.2 Å². The molecule has 1 heterocycles. The predicted octanol–water partition coefficient (Wildman–Crippen LogP) is 5.58. The number of carbonyl (C=O) groups excluding carboxylic acids is 1. The average molecular weight is 407 g/mol. The summed E-state index contributed by atoms with van der Waals surface area (Å²) in [6, 6.07) is 15.9. The second-order valence-corrected chi connectivity index (χ2v) is 8.09. The van der Waals surface area contributed by atoms with Crippen LogP contribution < -0.4 is 0 Å². The molecule has 0 aliphatic rings. The van der Waals surface area contributed by atoms with Crippen LogP contribution in [0.25, 0.3) is 10.9 Å². The van der Waals surface area contributed by atoms with Crippen molar-refractivity contribution in [3.05, 3.63) is 89.0 Å². The Kier molecular flexibility index (Phi) is 6.60. The Hall–Kier alpha value is -2.79. The minimum atomic E-state index is -0.533. The summed E-state index contributed by atoms with van der Waals surface area (Å²) in [4.78, 5) is 12.4. The largest absolute Gasteiger partial charge is 0.456 e.